The maximum atomic E-state index is 5.65. The van der Waals surface area contributed by atoms with Crippen LogP contribution < -0.4 is 15.5 Å². The Morgan fingerprint density at radius 3 is 3.04 bits per heavy atom. The number of guanidine groups is 1. The van der Waals surface area contributed by atoms with Crippen LogP contribution in [-0.2, 0) is 16.0 Å². The summed E-state index contributed by atoms with van der Waals surface area (Å²) in [5.74, 6) is 0.786. The zero-order chi connectivity index (χ0) is 17.2. The average Bonchev–Trinajstić information content (AvgIpc) is 3.25. The van der Waals surface area contributed by atoms with Crippen LogP contribution in [0.4, 0.5) is 5.13 Å². The van der Waals surface area contributed by atoms with Gasteiger partial charge in [-0.25, -0.2) is 4.98 Å². The predicted octanol–water partition coefficient (Wildman–Crippen LogP) is 1.46. The van der Waals surface area contributed by atoms with Crippen molar-refractivity contribution in [3.8, 4) is 0 Å². The average molecular weight is 356 g/mol. The van der Waals surface area contributed by atoms with E-state index in [1.54, 1.807) is 18.4 Å². The minimum absolute atomic E-state index is 0.303. The quantitative estimate of drug-likeness (QED) is 0.397. The molecule has 1 saturated heterocycles. The molecule has 0 aromatic carbocycles. The second kappa shape index (κ2) is 10.5. The summed E-state index contributed by atoms with van der Waals surface area (Å²) in [6.07, 6.45) is 3.53. The number of aliphatic imine (C=N–C) groups is 1. The summed E-state index contributed by atoms with van der Waals surface area (Å²) in [6, 6.07) is 0. The van der Waals surface area contributed by atoms with Crippen LogP contribution >= 0.6 is 11.3 Å². The molecule has 136 valence electrons. The van der Waals surface area contributed by atoms with E-state index in [2.05, 4.69) is 26.0 Å². The molecule has 0 bridgehead atoms. The highest BCUT2D eigenvalue weighted by atomic mass is 32.1. The summed E-state index contributed by atoms with van der Waals surface area (Å²) in [7, 11) is 5.77. The highest BCUT2D eigenvalue weighted by molar-refractivity contribution is 7.13. The van der Waals surface area contributed by atoms with E-state index in [9.17, 15) is 0 Å². The van der Waals surface area contributed by atoms with Crippen LogP contribution in [0.2, 0.25) is 0 Å². The van der Waals surface area contributed by atoms with Gasteiger partial charge in [0.25, 0.3) is 0 Å². The largest absolute Gasteiger partial charge is 0.379 e. The Morgan fingerprint density at radius 1 is 1.50 bits per heavy atom. The number of anilines is 1. The van der Waals surface area contributed by atoms with Crippen molar-refractivity contribution in [2.75, 3.05) is 52.4 Å². The molecule has 7 nitrogen and oxygen atoms in total. The second-order valence-corrected chi connectivity index (χ2v) is 6.77. The molecule has 1 aromatic rings. The first kappa shape index (κ1) is 19.0. The summed E-state index contributed by atoms with van der Waals surface area (Å²) >= 11 is 1.64. The molecule has 1 fully saturated rings. The van der Waals surface area contributed by atoms with Crippen LogP contribution in [0.15, 0.2) is 10.4 Å². The fraction of sp³-hybridized carbons (Fsp3) is 0.750. The van der Waals surface area contributed by atoms with Gasteiger partial charge in [0.15, 0.2) is 11.1 Å². The fourth-order valence-electron chi connectivity index (χ4n) is 2.35. The van der Waals surface area contributed by atoms with Crippen molar-refractivity contribution >= 4 is 22.4 Å². The number of nitrogens with one attached hydrogen (secondary N) is 2. The number of aromatic nitrogens is 1. The molecule has 1 atom stereocenters. The van der Waals surface area contributed by atoms with Gasteiger partial charge in [-0.05, 0) is 19.3 Å². The summed E-state index contributed by atoms with van der Waals surface area (Å²) in [4.78, 5) is 10.8. The molecular formula is C16H29N5O2S. The van der Waals surface area contributed by atoms with Gasteiger partial charge in [-0.15, -0.1) is 11.3 Å². The van der Waals surface area contributed by atoms with Gasteiger partial charge in [0.1, 0.15) is 0 Å². The predicted molar refractivity (Wildman–Crippen MR) is 99.1 cm³/mol. The molecule has 8 heteroatoms. The SMILES string of the molecule is CN=C(NCCCOCC1CCCO1)NCc1csc(N(C)C)n1. The first-order valence-corrected chi connectivity index (χ1v) is 9.32. The van der Waals surface area contributed by atoms with Gasteiger partial charge in [-0.2, -0.15) is 0 Å². The zero-order valence-corrected chi connectivity index (χ0v) is 15.7. The molecule has 1 aromatic heterocycles. The molecule has 2 heterocycles. The molecule has 0 spiro atoms. The number of thiazole rings is 1. The molecule has 1 aliphatic rings. The molecular weight excluding hydrogens is 326 g/mol. The van der Waals surface area contributed by atoms with Crippen molar-refractivity contribution < 1.29 is 9.47 Å². The van der Waals surface area contributed by atoms with Gasteiger partial charge in [0.05, 0.1) is 24.9 Å². The Labute approximate surface area is 148 Å². The van der Waals surface area contributed by atoms with Crippen molar-refractivity contribution in [1.29, 1.82) is 0 Å². The number of hydrogen-bond donors (Lipinski definition) is 2. The highest BCUT2D eigenvalue weighted by Crippen LogP contribution is 2.17. The Kier molecular flexibility index (Phi) is 8.27. The lowest BCUT2D eigenvalue weighted by Crippen LogP contribution is -2.37. The van der Waals surface area contributed by atoms with Crippen LogP contribution in [-0.4, -0.2) is 64.6 Å². The highest BCUT2D eigenvalue weighted by Gasteiger charge is 2.14. The Balaban J connectivity index is 1.54. The topological polar surface area (TPSA) is 71.0 Å². The third-order valence-corrected chi connectivity index (χ3v) is 4.73. The Hall–Kier alpha value is -1.38. The number of hydrogen-bond acceptors (Lipinski definition) is 6. The van der Waals surface area contributed by atoms with Gasteiger partial charge in [-0.3, -0.25) is 4.99 Å². The number of ether oxygens (including phenoxy) is 2. The second-order valence-electron chi connectivity index (χ2n) is 5.93. The maximum absolute atomic E-state index is 5.65. The van der Waals surface area contributed by atoms with E-state index in [1.165, 1.54) is 0 Å². The molecule has 1 aliphatic heterocycles. The van der Waals surface area contributed by atoms with Gasteiger partial charge < -0.3 is 25.0 Å². The van der Waals surface area contributed by atoms with E-state index >= 15 is 0 Å². The minimum atomic E-state index is 0.303. The molecule has 0 amide bonds. The standard InChI is InChI=1S/C16H29N5O2S/c1-17-15(19-10-13-12-24-16(20-13)21(2)3)18-7-5-8-22-11-14-6-4-9-23-14/h12,14H,4-11H2,1-3H3,(H2,17,18,19). The smallest absolute Gasteiger partial charge is 0.191 e. The summed E-state index contributed by atoms with van der Waals surface area (Å²) < 4.78 is 11.2. The summed E-state index contributed by atoms with van der Waals surface area (Å²) in [5.41, 5.74) is 1.02. The third-order valence-electron chi connectivity index (χ3n) is 3.67. The van der Waals surface area contributed by atoms with Crippen molar-refractivity contribution in [2.45, 2.75) is 31.9 Å². The normalized spacial score (nSPS) is 18.0. The van der Waals surface area contributed by atoms with Crippen LogP contribution in [0, 0.1) is 0 Å². The third kappa shape index (κ3) is 6.62. The van der Waals surface area contributed by atoms with E-state index in [0.717, 1.165) is 55.8 Å². The van der Waals surface area contributed by atoms with Crippen molar-refractivity contribution in [3.05, 3.63) is 11.1 Å². The van der Waals surface area contributed by atoms with Crippen LogP contribution in [0.3, 0.4) is 0 Å². The lowest BCUT2D eigenvalue weighted by atomic mass is 10.2. The zero-order valence-electron chi connectivity index (χ0n) is 14.9. The molecule has 2 N–H and O–H groups in total. The van der Waals surface area contributed by atoms with Gasteiger partial charge in [0.2, 0.25) is 0 Å². The van der Waals surface area contributed by atoms with Crippen molar-refractivity contribution in [3.63, 3.8) is 0 Å². The number of nitrogens with zero attached hydrogens (tertiary/aromatic N) is 3. The van der Waals surface area contributed by atoms with E-state index in [-0.39, 0.29) is 0 Å². The van der Waals surface area contributed by atoms with E-state index < -0.39 is 0 Å². The van der Waals surface area contributed by atoms with Crippen LogP contribution in [0.1, 0.15) is 25.0 Å². The molecule has 0 aliphatic carbocycles. The molecule has 2 rings (SSSR count). The van der Waals surface area contributed by atoms with E-state index in [0.29, 0.717) is 19.3 Å². The molecule has 24 heavy (non-hydrogen) atoms. The van der Waals surface area contributed by atoms with E-state index in [1.807, 2.05) is 19.0 Å². The number of rotatable bonds is 9. The Bertz CT molecular complexity index is 500. The fourth-order valence-corrected chi connectivity index (χ4v) is 3.11. The van der Waals surface area contributed by atoms with Crippen molar-refractivity contribution in [2.24, 2.45) is 4.99 Å². The van der Waals surface area contributed by atoms with E-state index in [4.69, 9.17) is 9.47 Å². The van der Waals surface area contributed by atoms with Crippen LogP contribution in [0.5, 0.6) is 0 Å². The van der Waals surface area contributed by atoms with Gasteiger partial charge in [0, 0.05) is 46.3 Å². The molecule has 0 saturated carbocycles. The maximum Gasteiger partial charge on any atom is 0.191 e. The van der Waals surface area contributed by atoms with Crippen LogP contribution in [0.25, 0.3) is 0 Å². The lowest BCUT2D eigenvalue weighted by Gasteiger charge is -2.12. The monoisotopic (exact) mass is 355 g/mol. The van der Waals surface area contributed by atoms with Gasteiger partial charge >= 0.3 is 0 Å². The molecule has 0 radical (unpaired) electrons. The Morgan fingerprint density at radius 2 is 2.38 bits per heavy atom. The first-order chi connectivity index (χ1) is 11.7. The summed E-state index contributed by atoms with van der Waals surface area (Å²) in [5, 5.41) is 9.64. The van der Waals surface area contributed by atoms with Crippen molar-refractivity contribution in [1.82, 2.24) is 15.6 Å². The summed E-state index contributed by atoms with van der Waals surface area (Å²) in [6.45, 7) is 3.82. The minimum Gasteiger partial charge on any atom is -0.379 e. The lowest BCUT2D eigenvalue weighted by molar-refractivity contribution is 0.0168. The molecule has 1 unspecified atom stereocenters. The van der Waals surface area contributed by atoms with Gasteiger partial charge in [-0.1, -0.05) is 0 Å². The first-order valence-electron chi connectivity index (χ1n) is 8.44.